The third kappa shape index (κ3) is 5.11. The third-order valence-corrected chi connectivity index (χ3v) is 5.75. The minimum atomic E-state index is -0.168. The number of rotatable bonds is 6. The highest BCUT2D eigenvalue weighted by Gasteiger charge is 2.22. The summed E-state index contributed by atoms with van der Waals surface area (Å²) in [5, 5.41) is 5.17. The minimum absolute atomic E-state index is 0.108. The second-order valence-corrected chi connectivity index (χ2v) is 7.85. The smallest absolute Gasteiger partial charge is 0.266 e. The van der Waals surface area contributed by atoms with E-state index in [1.807, 2.05) is 41.3 Å². The highest BCUT2D eigenvalue weighted by atomic mass is 35.5. The number of pyridine rings is 1. The molecule has 0 unspecified atom stereocenters. The number of hydrogen-bond acceptors (Lipinski definition) is 5. The minimum Gasteiger partial charge on any atom is -0.367 e. The highest BCUT2D eigenvalue weighted by Crippen LogP contribution is 2.26. The number of para-hydroxylation sites is 1. The van der Waals surface area contributed by atoms with Crippen LogP contribution in [-0.2, 0) is 11.3 Å². The topological polar surface area (TPSA) is 71.3 Å². The van der Waals surface area contributed by atoms with Crippen LogP contribution in [0.25, 0.3) is 11.3 Å². The maximum atomic E-state index is 12.6. The molecule has 1 saturated heterocycles. The average Bonchev–Trinajstić information content (AvgIpc) is 2.81. The van der Waals surface area contributed by atoms with Crippen molar-refractivity contribution in [1.82, 2.24) is 19.7 Å². The molecule has 3 aromatic rings. The Bertz CT molecular complexity index is 1090. The molecule has 0 aliphatic carbocycles. The monoisotopic (exact) mass is 437 g/mol. The molecule has 7 nitrogen and oxygen atoms in total. The quantitative estimate of drug-likeness (QED) is 0.592. The second-order valence-electron chi connectivity index (χ2n) is 7.44. The molecule has 0 spiro atoms. The summed E-state index contributed by atoms with van der Waals surface area (Å²) in [6.07, 6.45) is 4.34. The Hall–Kier alpha value is -3.19. The summed E-state index contributed by atoms with van der Waals surface area (Å²) in [6.45, 7) is 3.25. The third-order valence-electron chi connectivity index (χ3n) is 5.43. The van der Waals surface area contributed by atoms with E-state index in [0.29, 0.717) is 38.2 Å². The van der Waals surface area contributed by atoms with E-state index < -0.39 is 0 Å². The Morgan fingerprint density at radius 2 is 1.71 bits per heavy atom. The van der Waals surface area contributed by atoms with E-state index in [1.54, 1.807) is 18.5 Å². The van der Waals surface area contributed by atoms with Crippen LogP contribution in [0.2, 0.25) is 5.02 Å². The number of anilines is 1. The first kappa shape index (κ1) is 21.1. The Morgan fingerprint density at radius 1 is 0.968 bits per heavy atom. The molecule has 2 aromatic heterocycles. The van der Waals surface area contributed by atoms with Gasteiger partial charge in [0.25, 0.3) is 5.56 Å². The van der Waals surface area contributed by atoms with Crippen molar-refractivity contribution in [2.75, 3.05) is 31.1 Å². The van der Waals surface area contributed by atoms with Crippen LogP contribution >= 0.6 is 11.6 Å². The van der Waals surface area contributed by atoms with Gasteiger partial charge in [-0.25, -0.2) is 4.68 Å². The summed E-state index contributed by atoms with van der Waals surface area (Å²) in [4.78, 5) is 32.9. The van der Waals surface area contributed by atoms with E-state index >= 15 is 0 Å². The van der Waals surface area contributed by atoms with Gasteiger partial charge in [0, 0.05) is 63.2 Å². The van der Waals surface area contributed by atoms with Gasteiger partial charge in [-0.05, 0) is 36.8 Å². The maximum Gasteiger partial charge on any atom is 0.266 e. The van der Waals surface area contributed by atoms with E-state index in [4.69, 9.17) is 11.6 Å². The fraction of sp³-hybridized carbons (Fsp3) is 0.304. The van der Waals surface area contributed by atoms with Crippen LogP contribution in [0, 0.1) is 0 Å². The lowest BCUT2D eigenvalue weighted by Crippen LogP contribution is -2.48. The van der Waals surface area contributed by atoms with Crippen molar-refractivity contribution in [3.05, 3.63) is 76.3 Å². The number of piperazine rings is 1. The van der Waals surface area contributed by atoms with Gasteiger partial charge < -0.3 is 9.80 Å². The van der Waals surface area contributed by atoms with E-state index in [9.17, 15) is 9.59 Å². The molecule has 1 aromatic carbocycles. The molecule has 31 heavy (non-hydrogen) atoms. The second kappa shape index (κ2) is 9.75. The lowest BCUT2D eigenvalue weighted by molar-refractivity contribution is -0.131. The SMILES string of the molecule is O=C(CCCn1nc(-c2ccncc2)ccc1=O)N1CCN(c2ccccc2Cl)CC1. The number of halogens is 1. The molecule has 8 heteroatoms. The molecule has 3 heterocycles. The maximum absolute atomic E-state index is 12.6. The molecule has 4 rings (SSSR count). The van der Waals surface area contributed by atoms with E-state index in [2.05, 4.69) is 15.0 Å². The molecule has 1 fully saturated rings. The summed E-state index contributed by atoms with van der Waals surface area (Å²) in [6, 6.07) is 14.7. The van der Waals surface area contributed by atoms with Gasteiger partial charge in [-0.15, -0.1) is 0 Å². The summed E-state index contributed by atoms with van der Waals surface area (Å²) >= 11 is 6.29. The first-order valence-corrected chi connectivity index (χ1v) is 10.8. The molecule has 160 valence electrons. The molecule has 0 saturated carbocycles. The van der Waals surface area contributed by atoms with Crippen LogP contribution < -0.4 is 10.5 Å². The summed E-state index contributed by atoms with van der Waals surface area (Å²) in [5.74, 6) is 0.108. The molecule has 1 amide bonds. The Kier molecular flexibility index (Phi) is 6.62. The van der Waals surface area contributed by atoms with Crippen LogP contribution in [0.3, 0.4) is 0 Å². The van der Waals surface area contributed by atoms with Gasteiger partial charge in [-0.3, -0.25) is 14.6 Å². The van der Waals surface area contributed by atoms with E-state index in [0.717, 1.165) is 29.4 Å². The van der Waals surface area contributed by atoms with Crippen LogP contribution in [-0.4, -0.2) is 51.8 Å². The van der Waals surface area contributed by atoms with Crippen molar-refractivity contribution in [3.8, 4) is 11.3 Å². The molecule has 0 bridgehead atoms. The molecular formula is C23H24ClN5O2. The number of carbonyl (C=O) groups is 1. The van der Waals surface area contributed by atoms with Crippen LogP contribution in [0.5, 0.6) is 0 Å². The van der Waals surface area contributed by atoms with Crippen molar-refractivity contribution in [2.24, 2.45) is 0 Å². The van der Waals surface area contributed by atoms with Gasteiger partial charge in [0.1, 0.15) is 0 Å². The molecule has 1 aliphatic rings. The Morgan fingerprint density at radius 3 is 2.45 bits per heavy atom. The predicted octanol–water partition coefficient (Wildman–Crippen LogP) is 3.09. The fourth-order valence-corrected chi connectivity index (χ4v) is 3.98. The first-order valence-electron chi connectivity index (χ1n) is 10.4. The van der Waals surface area contributed by atoms with Gasteiger partial charge in [0.2, 0.25) is 5.91 Å². The largest absolute Gasteiger partial charge is 0.367 e. The molecule has 0 atom stereocenters. The van der Waals surface area contributed by atoms with E-state index in [-0.39, 0.29) is 11.5 Å². The number of benzene rings is 1. The van der Waals surface area contributed by atoms with Crippen molar-refractivity contribution in [1.29, 1.82) is 0 Å². The zero-order valence-corrected chi connectivity index (χ0v) is 17.9. The van der Waals surface area contributed by atoms with Gasteiger partial charge in [-0.1, -0.05) is 23.7 Å². The Balaban J connectivity index is 1.29. The lowest BCUT2D eigenvalue weighted by Gasteiger charge is -2.36. The number of aromatic nitrogens is 3. The zero-order chi connectivity index (χ0) is 21.6. The highest BCUT2D eigenvalue weighted by molar-refractivity contribution is 6.33. The van der Waals surface area contributed by atoms with Crippen molar-refractivity contribution in [3.63, 3.8) is 0 Å². The van der Waals surface area contributed by atoms with Crippen LogP contribution in [0.15, 0.2) is 65.7 Å². The van der Waals surface area contributed by atoms with E-state index in [1.165, 1.54) is 10.7 Å². The lowest BCUT2D eigenvalue weighted by atomic mass is 10.2. The number of hydrogen-bond donors (Lipinski definition) is 0. The van der Waals surface area contributed by atoms with Gasteiger partial charge in [0.05, 0.1) is 16.4 Å². The zero-order valence-electron chi connectivity index (χ0n) is 17.2. The van der Waals surface area contributed by atoms with Gasteiger partial charge in [-0.2, -0.15) is 5.10 Å². The van der Waals surface area contributed by atoms with Gasteiger partial charge >= 0.3 is 0 Å². The molecule has 1 aliphatic heterocycles. The molecule has 0 radical (unpaired) electrons. The van der Waals surface area contributed by atoms with Crippen LogP contribution in [0.1, 0.15) is 12.8 Å². The first-order chi connectivity index (χ1) is 15.1. The summed E-state index contributed by atoms with van der Waals surface area (Å²) in [5.41, 5.74) is 2.45. The summed E-state index contributed by atoms with van der Waals surface area (Å²) in [7, 11) is 0. The van der Waals surface area contributed by atoms with Crippen molar-refractivity contribution < 1.29 is 4.79 Å². The predicted molar refractivity (Wildman–Crippen MR) is 121 cm³/mol. The van der Waals surface area contributed by atoms with Crippen molar-refractivity contribution in [2.45, 2.75) is 19.4 Å². The summed E-state index contributed by atoms with van der Waals surface area (Å²) < 4.78 is 1.43. The Labute approximate surface area is 185 Å². The fourth-order valence-electron chi connectivity index (χ4n) is 3.73. The van der Waals surface area contributed by atoms with Crippen molar-refractivity contribution >= 4 is 23.2 Å². The van der Waals surface area contributed by atoms with Crippen LogP contribution in [0.4, 0.5) is 5.69 Å². The molecule has 0 N–H and O–H groups in total. The number of amides is 1. The average molecular weight is 438 g/mol. The number of nitrogens with zero attached hydrogens (tertiary/aromatic N) is 5. The normalized spacial score (nSPS) is 14.0. The van der Waals surface area contributed by atoms with Gasteiger partial charge in [0.15, 0.2) is 0 Å². The standard InChI is InChI=1S/C23H24ClN5O2/c24-19-4-1-2-5-21(19)27-14-16-28(17-15-27)22(30)6-3-13-29-23(31)8-7-20(26-29)18-9-11-25-12-10-18/h1-2,4-5,7-12H,3,6,13-17H2. The molecular weight excluding hydrogens is 414 g/mol. The number of carbonyl (C=O) groups excluding carboxylic acids is 1. The number of aryl methyl sites for hydroxylation is 1.